The molecule has 0 bridgehead atoms. The number of hydrogen-bond donors (Lipinski definition) is 0. The van der Waals surface area contributed by atoms with Crippen molar-refractivity contribution < 1.29 is 28.9 Å². The zero-order valence-electron chi connectivity index (χ0n) is 17.2. The Morgan fingerprint density at radius 1 is 1.00 bits per heavy atom. The minimum atomic E-state index is -0.870. The molecule has 4 rings (SSSR count). The number of para-hydroxylation sites is 1. The molecule has 0 unspecified atom stereocenters. The lowest BCUT2D eigenvalue weighted by molar-refractivity contribution is -0.394. The summed E-state index contributed by atoms with van der Waals surface area (Å²) in [4.78, 5) is 32.9. The highest BCUT2D eigenvalue weighted by molar-refractivity contribution is 5.91. The monoisotopic (exact) mass is 442 g/mol. The Morgan fingerprint density at radius 3 is 2.34 bits per heavy atom. The third kappa shape index (κ3) is 4.70. The van der Waals surface area contributed by atoms with Crippen LogP contribution in [-0.2, 0) is 9.47 Å². The maximum absolute atomic E-state index is 12.4. The number of esters is 1. The average Bonchev–Trinajstić information content (AvgIpc) is 2.95. The third-order valence-electron chi connectivity index (χ3n) is 5.70. The number of nitro benzene ring substituents is 2. The van der Waals surface area contributed by atoms with Crippen LogP contribution in [0.2, 0.25) is 0 Å². The fourth-order valence-electron chi connectivity index (χ4n) is 4.14. The highest BCUT2D eigenvalue weighted by atomic mass is 16.6. The summed E-state index contributed by atoms with van der Waals surface area (Å²) < 4.78 is 17.8. The maximum Gasteiger partial charge on any atom is 0.338 e. The van der Waals surface area contributed by atoms with Gasteiger partial charge < -0.3 is 14.2 Å². The van der Waals surface area contributed by atoms with E-state index in [0.717, 1.165) is 55.2 Å². The molecule has 3 atom stereocenters. The standard InChI is InChI=1S/C22H22N2O8/c25-22(14-11-15(23(26)27)13-16(12-14)24(28)29)30-10-9-19-17-5-1-2-6-18(17)31-20-7-3-4-8-21(20)32-19/h1-2,5-6,11-13,19-21H,3-4,7-10H2/t19-,20+,21+/m1/s1. The molecule has 1 heterocycles. The number of nitro groups is 2. The average molecular weight is 442 g/mol. The minimum Gasteiger partial charge on any atom is -0.487 e. The number of fused-ring (bicyclic) bond motifs is 2. The van der Waals surface area contributed by atoms with Crippen LogP contribution < -0.4 is 4.74 Å². The first kappa shape index (κ1) is 21.7. The van der Waals surface area contributed by atoms with Gasteiger partial charge in [0.15, 0.2) is 0 Å². The zero-order valence-corrected chi connectivity index (χ0v) is 17.2. The van der Waals surface area contributed by atoms with Gasteiger partial charge in [-0.3, -0.25) is 20.2 Å². The van der Waals surface area contributed by atoms with Crippen LogP contribution in [0.15, 0.2) is 42.5 Å². The second-order valence-electron chi connectivity index (χ2n) is 7.82. The molecule has 0 spiro atoms. The maximum atomic E-state index is 12.4. The Labute approximate surface area is 183 Å². The molecule has 0 amide bonds. The summed E-state index contributed by atoms with van der Waals surface area (Å²) in [6.45, 7) is -0.0221. The molecule has 1 aliphatic heterocycles. The van der Waals surface area contributed by atoms with E-state index in [2.05, 4.69) is 0 Å². The second-order valence-corrected chi connectivity index (χ2v) is 7.82. The Bertz CT molecular complexity index is 1010. The van der Waals surface area contributed by atoms with Crippen molar-refractivity contribution in [3.8, 4) is 5.75 Å². The fourth-order valence-corrected chi connectivity index (χ4v) is 4.14. The molecule has 32 heavy (non-hydrogen) atoms. The fraction of sp³-hybridized carbons (Fsp3) is 0.409. The van der Waals surface area contributed by atoms with E-state index in [1.165, 1.54) is 0 Å². The number of benzene rings is 2. The van der Waals surface area contributed by atoms with Gasteiger partial charge in [0.05, 0.1) is 40.3 Å². The van der Waals surface area contributed by atoms with E-state index in [1.807, 2.05) is 24.3 Å². The first-order valence-corrected chi connectivity index (χ1v) is 10.4. The molecule has 1 fully saturated rings. The smallest absolute Gasteiger partial charge is 0.338 e. The van der Waals surface area contributed by atoms with Crippen molar-refractivity contribution in [3.63, 3.8) is 0 Å². The summed E-state index contributed by atoms with van der Waals surface area (Å²) in [6, 6.07) is 10.3. The van der Waals surface area contributed by atoms with Gasteiger partial charge in [0, 0.05) is 24.1 Å². The number of non-ortho nitro benzene ring substituents is 2. The summed E-state index contributed by atoms with van der Waals surface area (Å²) in [5.74, 6) is -0.113. The van der Waals surface area contributed by atoms with Crippen LogP contribution in [0.5, 0.6) is 5.75 Å². The number of carbonyl (C=O) groups is 1. The number of carbonyl (C=O) groups excluding carboxylic acids is 1. The zero-order chi connectivity index (χ0) is 22.7. The van der Waals surface area contributed by atoms with Crippen LogP contribution >= 0.6 is 0 Å². The number of rotatable bonds is 6. The molecule has 0 aromatic heterocycles. The molecule has 1 saturated carbocycles. The topological polar surface area (TPSA) is 131 Å². The van der Waals surface area contributed by atoms with Crippen molar-refractivity contribution in [2.75, 3.05) is 6.61 Å². The van der Waals surface area contributed by atoms with Gasteiger partial charge in [-0.15, -0.1) is 0 Å². The lowest BCUT2D eigenvalue weighted by Crippen LogP contribution is -2.36. The molecule has 2 aliphatic rings. The summed E-state index contributed by atoms with van der Waals surface area (Å²) in [5, 5.41) is 22.1. The van der Waals surface area contributed by atoms with Gasteiger partial charge in [-0.05, 0) is 25.3 Å². The Morgan fingerprint density at radius 2 is 1.66 bits per heavy atom. The summed E-state index contributed by atoms with van der Waals surface area (Å²) in [7, 11) is 0. The normalized spacial score (nSPS) is 21.9. The largest absolute Gasteiger partial charge is 0.487 e. The molecule has 0 saturated heterocycles. The van der Waals surface area contributed by atoms with Gasteiger partial charge in [0.1, 0.15) is 11.9 Å². The van der Waals surface area contributed by atoms with E-state index in [0.29, 0.717) is 6.42 Å². The van der Waals surface area contributed by atoms with Gasteiger partial charge in [-0.25, -0.2) is 4.79 Å². The first-order chi connectivity index (χ1) is 15.4. The molecule has 10 nitrogen and oxygen atoms in total. The van der Waals surface area contributed by atoms with E-state index in [9.17, 15) is 25.0 Å². The lowest BCUT2D eigenvalue weighted by Gasteiger charge is -2.30. The molecule has 10 heteroatoms. The molecular weight excluding hydrogens is 420 g/mol. The van der Waals surface area contributed by atoms with Gasteiger partial charge in [-0.1, -0.05) is 24.6 Å². The van der Waals surface area contributed by atoms with Crippen LogP contribution in [-0.4, -0.2) is 34.6 Å². The van der Waals surface area contributed by atoms with E-state index in [-0.39, 0.29) is 30.5 Å². The van der Waals surface area contributed by atoms with Crippen LogP contribution in [0.4, 0.5) is 11.4 Å². The molecule has 0 radical (unpaired) electrons. The van der Waals surface area contributed by atoms with Crippen LogP contribution in [0.3, 0.4) is 0 Å². The Hall–Kier alpha value is -3.53. The van der Waals surface area contributed by atoms with Gasteiger partial charge in [0.25, 0.3) is 11.4 Å². The van der Waals surface area contributed by atoms with Crippen LogP contribution in [0.1, 0.15) is 54.1 Å². The quantitative estimate of drug-likeness (QED) is 0.363. The van der Waals surface area contributed by atoms with Crippen molar-refractivity contribution in [1.29, 1.82) is 0 Å². The molecule has 168 valence electrons. The highest BCUT2D eigenvalue weighted by Crippen LogP contribution is 2.39. The minimum absolute atomic E-state index is 0.0112. The van der Waals surface area contributed by atoms with Crippen molar-refractivity contribution in [1.82, 2.24) is 0 Å². The highest BCUT2D eigenvalue weighted by Gasteiger charge is 2.35. The van der Waals surface area contributed by atoms with E-state index < -0.39 is 27.2 Å². The summed E-state index contributed by atoms with van der Waals surface area (Å²) in [5.41, 5.74) is -0.465. The number of nitrogens with zero attached hydrogens (tertiary/aromatic N) is 2. The van der Waals surface area contributed by atoms with Crippen molar-refractivity contribution in [3.05, 3.63) is 73.8 Å². The first-order valence-electron chi connectivity index (χ1n) is 10.4. The van der Waals surface area contributed by atoms with Crippen molar-refractivity contribution >= 4 is 17.3 Å². The van der Waals surface area contributed by atoms with Crippen molar-refractivity contribution in [2.45, 2.75) is 50.4 Å². The molecule has 0 N–H and O–H groups in total. The van der Waals surface area contributed by atoms with Crippen LogP contribution in [0.25, 0.3) is 0 Å². The second kappa shape index (κ2) is 9.31. The molecular formula is C22H22N2O8. The van der Waals surface area contributed by atoms with E-state index in [1.54, 1.807) is 0 Å². The third-order valence-corrected chi connectivity index (χ3v) is 5.70. The molecule has 2 aromatic carbocycles. The molecule has 2 aromatic rings. The number of ether oxygens (including phenoxy) is 3. The van der Waals surface area contributed by atoms with Crippen molar-refractivity contribution in [2.24, 2.45) is 0 Å². The predicted molar refractivity (Wildman–Crippen MR) is 112 cm³/mol. The lowest BCUT2D eigenvalue weighted by atomic mass is 9.94. The van der Waals surface area contributed by atoms with Gasteiger partial charge in [0.2, 0.25) is 0 Å². The van der Waals surface area contributed by atoms with Gasteiger partial charge in [-0.2, -0.15) is 0 Å². The van der Waals surface area contributed by atoms with Crippen LogP contribution in [0, 0.1) is 20.2 Å². The summed E-state index contributed by atoms with van der Waals surface area (Å²) >= 11 is 0. The number of hydrogen-bond acceptors (Lipinski definition) is 8. The summed E-state index contributed by atoms with van der Waals surface area (Å²) in [6.07, 6.45) is 3.93. The SMILES string of the molecule is O=C(OCC[C@H]1O[C@H]2CCCC[C@@H]2Oc2ccccc21)c1cc([N+](=O)[O-])cc([N+](=O)[O-])c1. The van der Waals surface area contributed by atoms with E-state index in [4.69, 9.17) is 14.2 Å². The van der Waals surface area contributed by atoms with E-state index >= 15 is 0 Å². The Balaban J connectivity index is 1.46. The predicted octanol–water partition coefficient (Wildman–Crippen LogP) is 4.51. The van der Waals surface area contributed by atoms with Gasteiger partial charge >= 0.3 is 5.97 Å². The molecule has 1 aliphatic carbocycles. The Kier molecular flexibility index (Phi) is 6.31.